The lowest BCUT2D eigenvalue weighted by Crippen LogP contribution is -2.05. The summed E-state index contributed by atoms with van der Waals surface area (Å²) in [6.07, 6.45) is 28.2. The molecule has 1 aromatic carbocycles. The second-order valence-electron chi connectivity index (χ2n) is 10.7. The Morgan fingerprint density at radius 3 is 1.68 bits per heavy atom. The van der Waals surface area contributed by atoms with E-state index in [2.05, 4.69) is 61.9 Å². The zero-order valence-electron chi connectivity index (χ0n) is 22.9. The van der Waals surface area contributed by atoms with Gasteiger partial charge in [-0.1, -0.05) is 127 Å². The van der Waals surface area contributed by atoms with Gasteiger partial charge in [0, 0.05) is 18.7 Å². The van der Waals surface area contributed by atoms with Gasteiger partial charge in [-0.25, -0.2) is 4.98 Å². The fourth-order valence-electron chi connectivity index (χ4n) is 5.01. The predicted octanol–water partition coefficient (Wildman–Crippen LogP) is 10.1. The Balaban J connectivity index is 1.50. The van der Waals surface area contributed by atoms with Crippen molar-refractivity contribution in [3.63, 3.8) is 0 Å². The molecule has 0 unspecified atom stereocenters. The Kier molecular flexibility index (Phi) is 15.8. The van der Waals surface area contributed by atoms with Crippen LogP contribution in [0.15, 0.2) is 36.5 Å². The van der Waals surface area contributed by atoms with Crippen molar-refractivity contribution in [2.24, 2.45) is 0 Å². The van der Waals surface area contributed by atoms with E-state index in [0.29, 0.717) is 6.04 Å². The van der Waals surface area contributed by atoms with E-state index >= 15 is 0 Å². The smallest absolute Gasteiger partial charge is 0.109 e. The van der Waals surface area contributed by atoms with Crippen LogP contribution in [0.2, 0.25) is 0 Å². The first-order chi connectivity index (χ1) is 16.7. The fraction of sp³-hybridized carbons (Fsp3) is 0.719. The van der Waals surface area contributed by atoms with Gasteiger partial charge in [-0.15, -0.1) is 0 Å². The largest absolute Gasteiger partial charge is 0.332 e. The molecule has 2 nitrogen and oxygen atoms in total. The van der Waals surface area contributed by atoms with Crippen LogP contribution < -0.4 is 0 Å². The van der Waals surface area contributed by atoms with Crippen molar-refractivity contribution in [1.29, 1.82) is 0 Å². The van der Waals surface area contributed by atoms with Crippen LogP contribution in [-0.2, 0) is 19.3 Å². The van der Waals surface area contributed by atoms with Gasteiger partial charge in [-0.05, 0) is 45.1 Å². The second kappa shape index (κ2) is 18.7. The summed E-state index contributed by atoms with van der Waals surface area (Å²) in [6, 6.07) is 11.3. The number of nitrogens with zero attached hydrogens (tertiary/aromatic N) is 2. The molecule has 0 spiro atoms. The van der Waals surface area contributed by atoms with Crippen LogP contribution in [0.1, 0.15) is 147 Å². The molecular weight excluding hydrogens is 412 g/mol. The normalized spacial score (nSPS) is 11.5. The molecule has 192 valence electrons. The molecule has 0 aliphatic carbocycles. The highest BCUT2D eigenvalue weighted by Gasteiger charge is 2.10. The van der Waals surface area contributed by atoms with Gasteiger partial charge in [0.25, 0.3) is 0 Å². The average molecular weight is 467 g/mol. The molecule has 0 aliphatic heterocycles. The maximum absolute atomic E-state index is 5.03. The summed E-state index contributed by atoms with van der Waals surface area (Å²) in [6.45, 7) is 6.86. The molecular formula is C32H54N2. The molecule has 0 amide bonds. The number of aromatic nitrogens is 2. The SMILES string of the molecule is CCCCCCCCCCCCCCCCCc1nc(CCCc2ccccc2)cn1C(C)C. The zero-order chi connectivity index (χ0) is 24.3. The predicted molar refractivity (Wildman–Crippen MR) is 150 cm³/mol. The van der Waals surface area contributed by atoms with Crippen LogP contribution >= 0.6 is 0 Å². The maximum Gasteiger partial charge on any atom is 0.109 e. The Morgan fingerprint density at radius 1 is 0.618 bits per heavy atom. The first kappa shape index (κ1) is 28.7. The van der Waals surface area contributed by atoms with Crippen molar-refractivity contribution in [3.05, 3.63) is 53.6 Å². The molecule has 0 N–H and O–H groups in total. The fourth-order valence-corrected chi connectivity index (χ4v) is 5.01. The minimum absolute atomic E-state index is 0.502. The number of hydrogen-bond acceptors (Lipinski definition) is 1. The lowest BCUT2D eigenvalue weighted by molar-refractivity contribution is 0.524. The van der Waals surface area contributed by atoms with Crippen molar-refractivity contribution in [2.75, 3.05) is 0 Å². The number of benzene rings is 1. The molecule has 2 aromatic rings. The van der Waals surface area contributed by atoms with Crippen LogP contribution in [-0.4, -0.2) is 9.55 Å². The highest BCUT2D eigenvalue weighted by molar-refractivity contribution is 5.15. The summed E-state index contributed by atoms with van der Waals surface area (Å²) in [5, 5.41) is 0. The Labute approximate surface area is 212 Å². The zero-order valence-corrected chi connectivity index (χ0v) is 22.9. The number of hydrogen-bond donors (Lipinski definition) is 0. The van der Waals surface area contributed by atoms with E-state index in [9.17, 15) is 0 Å². The van der Waals surface area contributed by atoms with Crippen molar-refractivity contribution < 1.29 is 0 Å². The summed E-state index contributed by atoms with van der Waals surface area (Å²) >= 11 is 0. The molecule has 1 aromatic heterocycles. The van der Waals surface area contributed by atoms with E-state index in [1.165, 1.54) is 120 Å². The maximum atomic E-state index is 5.03. The van der Waals surface area contributed by atoms with Gasteiger partial charge < -0.3 is 4.57 Å². The number of unbranched alkanes of at least 4 members (excludes halogenated alkanes) is 14. The van der Waals surface area contributed by atoms with Gasteiger partial charge in [0.05, 0.1) is 5.69 Å². The van der Waals surface area contributed by atoms with Crippen LogP contribution in [0, 0.1) is 0 Å². The monoisotopic (exact) mass is 466 g/mol. The van der Waals surface area contributed by atoms with Crippen LogP contribution in [0.3, 0.4) is 0 Å². The molecule has 0 aliphatic rings. The number of imidazole rings is 1. The van der Waals surface area contributed by atoms with E-state index in [1.54, 1.807) is 0 Å². The van der Waals surface area contributed by atoms with Gasteiger partial charge in [0.15, 0.2) is 0 Å². The summed E-state index contributed by atoms with van der Waals surface area (Å²) in [5.41, 5.74) is 2.71. The third-order valence-corrected chi connectivity index (χ3v) is 7.16. The molecule has 1 heterocycles. The summed E-state index contributed by atoms with van der Waals surface area (Å²) in [5.74, 6) is 1.31. The molecule has 0 atom stereocenters. The van der Waals surface area contributed by atoms with Crippen molar-refractivity contribution in [2.45, 2.75) is 149 Å². The van der Waals surface area contributed by atoms with Crippen molar-refractivity contribution >= 4 is 0 Å². The quantitative estimate of drug-likeness (QED) is 0.167. The van der Waals surface area contributed by atoms with E-state index in [1.807, 2.05) is 0 Å². The molecule has 0 saturated carbocycles. The number of aryl methyl sites for hydroxylation is 3. The first-order valence-corrected chi connectivity index (χ1v) is 14.8. The summed E-state index contributed by atoms with van der Waals surface area (Å²) in [4.78, 5) is 5.03. The standard InChI is InChI=1S/C32H54N2/c1-4-5-6-7-8-9-10-11-12-13-14-15-16-17-21-27-32-33-31(28-34(32)29(2)3)26-22-25-30-23-19-18-20-24-30/h18-20,23-24,28-29H,4-17,21-22,25-27H2,1-3H3. The molecule has 0 fully saturated rings. The molecule has 0 bridgehead atoms. The minimum atomic E-state index is 0.502. The van der Waals surface area contributed by atoms with E-state index in [4.69, 9.17) is 4.98 Å². The first-order valence-electron chi connectivity index (χ1n) is 14.8. The second-order valence-corrected chi connectivity index (χ2v) is 10.7. The van der Waals surface area contributed by atoms with E-state index in [-0.39, 0.29) is 0 Å². The van der Waals surface area contributed by atoms with Gasteiger partial charge in [-0.3, -0.25) is 0 Å². The third kappa shape index (κ3) is 12.8. The van der Waals surface area contributed by atoms with Gasteiger partial charge in [0.1, 0.15) is 5.82 Å². The molecule has 2 rings (SSSR count). The van der Waals surface area contributed by atoms with Crippen LogP contribution in [0.5, 0.6) is 0 Å². The molecule has 0 saturated heterocycles. The highest BCUT2D eigenvalue weighted by atomic mass is 15.1. The molecule has 2 heteroatoms. The molecule has 34 heavy (non-hydrogen) atoms. The Bertz CT molecular complexity index is 716. The van der Waals surface area contributed by atoms with Crippen LogP contribution in [0.4, 0.5) is 0 Å². The van der Waals surface area contributed by atoms with E-state index in [0.717, 1.165) is 19.3 Å². The van der Waals surface area contributed by atoms with E-state index < -0.39 is 0 Å². The Morgan fingerprint density at radius 2 is 1.15 bits per heavy atom. The summed E-state index contributed by atoms with van der Waals surface area (Å²) in [7, 11) is 0. The van der Waals surface area contributed by atoms with Crippen molar-refractivity contribution in [3.8, 4) is 0 Å². The van der Waals surface area contributed by atoms with Gasteiger partial charge in [-0.2, -0.15) is 0 Å². The lowest BCUT2D eigenvalue weighted by Gasteiger charge is -2.11. The molecule has 0 radical (unpaired) electrons. The lowest BCUT2D eigenvalue weighted by atomic mass is 10.0. The minimum Gasteiger partial charge on any atom is -0.332 e. The third-order valence-electron chi connectivity index (χ3n) is 7.16. The Hall–Kier alpha value is -1.57. The topological polar surface area (TPSA) is 17.8 Å². The van der Waals surface area contributed by atoms with Gasteiger partial charge >= 0.3 is 0 Å². The summed E-state index contributed by atoms with van der Waals surface area (Å²) < 4.78 is 2.42. The number of rotatable bonds is 21. The van der Waals surface area contributed by atoms with Gasteiger partial charge in [0.2, 0.25) is 0 Å². The van der Waals surface area contributed by atoms with Crippen LogP contribution in [0.25, 0.3) is 0 Å². The average Bonchev–Trinajstić information content (AvgIpc) is 3.25. The highest BCUT2D eigenvalue weighted by Crippen LogP contribution is 2.18. The van der Waals surface area contributed by atoms with Crippen molar-refractivity contribution in [1.82, 2.24) is 9.55 Å².